The Hall–Kier alpha value is -3.58. The number of thiophene rings is 1. The maximum absolute atomic E-state index is 11.4. The van der Waals surface area contributed by atoms with E-state index in [1.807, 2.05) is 36.4 Å². The molecule has 0 fully saturated rings. The summed E-state index contributed by atoms with van der Waals surface area (Å²) in [6.07, 6.45) is 3.37. The third kappa shape index (κ3) is 4.87. The number of anilines is 2. The minimum atomic E-state index is -3.73. The van der Waals surface area contributed by atoms with Crippen LogP contribution in [0.25, 0.3) is 10.6 Å². The highest BCUT2D eigenvalue weighted by Crippen LogP contribution is 2.27. The molecule has 0 aliphatic rings. The summed E-state index contributed by atoms with van der Waals surface area (Å²) in [6, 6.07) is 17.4. The number of aromatic nitrogens is 3. The summed E-state index contributed by atoms with van der Waals surface area (Å²) in [4.78, 5) is 14.8. The fourth-order valence-corrected chi connectivity index (χ4v) is 3.86. The third-order valence-corrected chi connectivity index (χ3v) is 5.88. The lowest BCUT2D eigenvalue weighted by Gasteiger charge is -2.06. The molecule has 0 spiro atoms. The fraction of sp³-hybridized carbons (Fsp3) is 0. The monoisotopic (exact) mass is 433 g/mol. The Morgan fingerprint density at radius 3 is 2.47 bits per heavy atom. The standard InChI is InChI=1S/C21H15N5O2S2/c22-30(27,28)18-9-5-16(6-10-18)25-21-24-14-12-19(26-21)20-11-8-17(29-20)7-4-15-3-1-2-13-23-15/h1-3,5-6,8-14H,(H2,22,27,28)(H,24,25,26). The van der Waals surface area contributed by atoms with Crippen molar-refractivity contribution in [2.24, 2.45) is 5.14 Å². The van der Waals surface area contributed by atoms with Crippen molar-refractivity contribution in [1.29, 1.82) is 0 Å². The van der Waals surface area contributed by atoms with Crippen LogP contribution in [0.15, 0.2) is 78.0 Å². The van der Waals surface area contributed by atoms with Gasteiger partial charge in [0.2, 0.25) is 16.0 Å². The molecule has 0 amide bonds. The van der Waals surface area contributed by atoms with E-state index in [1.54, 1.807) is 24.5 Å². The van der Waals surface area contributed by atoms with Crippen LogP contribution in [0.1, 0.15) is 10.6 Å². The molecule has 0 radical (unpaired) electrons. The van der Waals surface area contributed by atoms with Gasteiger partial charge in [-0.15, -0.1) is 11.3 Å². The molecular formula is C21H15N5O2S2. The van der Waals surface area contributed by atoms with Crippen molar-refractivity contribution in [3.8, 4) is 22.4 Å². The summed E-state index contributed by atoms with van der Waals surface area (Å²) in [7, 11) is -3.73. The Morgan fingerprint density at radius 2 is 1.73 bits per heavy atom. The molecule has 0 aliphatic carbocycles. The summed E-state index contributed by atoms with van der Waals surface area (Å²) in [6.45, 7) is 0. The van der Waals surface area contributed by atoms with Crippen molar-refractivity contribution < 1.29 is 8.42 Å². The first-order valence-electron chi connectivity index (χ1n) is 8.73. The molecule has 0 saturated heterocycles. The quantitative estimate of drug-likeness (QED) is 0.477. The molecule has 9 heteroatoms. The minimum absolute atomic E-state index is 0.0423. The second-order valence-electron chi connectivity index (χ2n) is 6.09. The number of hydrogen-bond acceptors (Lipinski definition) is 7. The Kier molecular flexibility index (Phi) is 5.54. The number of sulfonamides is 1. The molecule has 3 aromatic heterocycles. The first-order chi connectivity index (χ1) is 14.5. The van der Waals surface area contributed by atoms with Crippen molar-refractivity contribution in [2.45, 2.75) is 4.90 Å². The van der Waals surface area contributed by atoms with Crippen LogP contribution in [0.3, 0.4) is 0 Å². The van der Waals surface area contributed by atoms with E-state index in [-0.39, 0.29) is 4.90 Å². The van der Waals surface area contributed by atoms with E-state index in [2.05, 4.69) is 32.1 Å². The molecule has 4 rings (SSSR count). The number of rotatable bonds is 4. The normalized spacial score (nSPS) is 10.8. The van der Waals surface area contributed by atoms with Crippen LogP contribution in [0.2, 0.25) is 0 Å². The highest BCUT2D eigenvalue weighted by Gasteiger charge is 2.08. The highest BCUT2D eigenvalue weighted by atomic mass is 32.2. The van der Waals surface area contributed by atoms with Gasteiger partial charge >= 0.3 is 0 Å². The zero-order valence-electron chi connectivity index (χ0n) is 15.5. The predicted octanol–water partition coefficient (Wildman–Crippen LogP) is 3.39. The Bertz CT molecular complexity index is 1340. The topological polar surface area (TPSA) is 111 Å². The zero-order valence-corrected chi connectivity index (χ0v) is 17.1. The molecule has 0 saturated carbocycles. The van der Waals surface area contributed by atoms with E-state index in [9.17, 15) is 8.42 Å². The molecule has 30 heavy (non-hydrogen) atoms. The highest BCUT2D eigenvalue weighted by molar-refractivity contribution is 7.89. The molecule has 148 valence electrons. The molecule has 3 N–H and O–H groups in total. The molecule has 0 atom stereocenters. The first-order valence-corrected chi connectivity index (χ1v) is 11.1. The second-order valence-corrected chi connectivity index (χ2v) is 8.73. The van der Waals surface area contributed by atoms with Crippen molar-refractivity contribution in [3.63, 3.8) is 0 Å². The van der Waals surface area contributed by atoms with E-state index in [0.717, 1.165) is 21.1 Å². The lowest BCUT2D eigenvalue weighted by molar-refractivity contribution is 0.598. The van der Waals surface area contributed by atoms with Crippen LogP contribution in [-0.4, -0.2) is 23.4 Å². The van der Waals surface area contributed by atoms with E-state index in [0.29, 0.717) is 11.6 Å². The second kappa shape index (κ2) is 8.42. The molecular weight excluding hydrogens is 418 g/mol. The molecule has 3 heterocycles. The molecule has 1 aromatic carbocycles. The minimum Gasteiger partial charge on any atom is -0.324 e. The van der Waals surface area contributed by atoms with Crippen molar-refractivity contribution in [3.05, 3.63) is 83.6 Å². The first kappa shape index (κ1) is 19.7. The maximum atomic E-state index is 11.4. The van der Waals surface area contributed by atoms with Gasteiger partial charge in [-0.25, -0.2) is 28.5 Å². The zero-order chi connectivity index (χ0) is 21.0. The van der Waals surface area contributed by atoms with Crippen molar-refractivity contribution in [1.82, 2.24) is 15.0 Å². The summed E-state index contributed by atoms with van der Waals surface area (Å²) in [5.74, 6) is 6.54. The van der Waals surface area contributed by atoms with Crippen LogP contribution in [-0.2, 0) is 10.0 Å². The Morgan fingerprint density at radius 1 is 0.900 bits per heavy atom. The summed E-state index contributed by atoms with van der Waals surface area (Å²) in [5, 5.41) is 8.17. The fourth-order valence-electron chi connectivity index (χ4n) is 2.52. The van der Waals surface area contributed by atoms with Gasteiger partial charge in [0.15, 0.2) is 0 Å². The number of primary sulfonamides is 1. The van der Waals surface area contributed by atoms with Crippen LogP contribution >= 0.6 is 11.3 Å². The van der Waals surface area contributed by atoms with Gasteiger partial charge in [0, 0.05) is 18.1 Å². The summed E-state index contributed by atoms with van der Waals surface area (Å²) >= 11 is 1.52. The van der Waals surface area contributed by atoms with E-state index in [1.165, 1.54) is 23.5 Å². The average Bonchev–Trinajstić information content (AvgIpc) is 3.22. The molecule has 0 bridgehead atoms. The smallest absolute Gasteiger partial charge is 0.238 e. The lowest BCUT2D eigenvalue weighted by atomic mass is 10.3. The van der Waals surface area contributed by atoms with Crippen molar-refractivity contribution >= 4 is 33.0 Å². The number of pyridine rings is 1. The number of benzene rings is 1. The van der Waals surface area contributed by atoms with Gasteiger partial charge in [0.1, 0.15) is 5.69 Å². The SMILES string of the molecule is NS(=O)(=O)c1ccc(Nc2nccc(-c3ccc(C#Cc4ccccn4)s3)n2)cc1. The van der Waals surface area contributed by atoms with Gasteiger partial charge in [-0.1, -0.05) is 6.07 Å². The summed E-state index contributed by atoms with van der Waals surface area (Å²) in [5.41, 5.74) is 2.12. The third-order valence-electron chi connectivity index (χ3n) is 3.93. The van der Waals surface area contributed by atoms with Gasteiger partial charge in [0.05, 0.1) is 20.3 Å². The molecule has 0 unspecified atom stereocenters. The van der Waals surface area contributed by atoms with Crippen LogP contribution < -0.4 is 10.5 Å². The van der Waals surface area contributed by atoms with Gasteiger partial charge in [-0.05, 0) is 66.4 Å². The molecule has 0 aliphatic heterocycles. The van der Waals surface area contributed by atoms with E-state index >= 15 is 0 Å². The summed E-state index contributed by atoms with van der Waals surface area (Å²) < 4.78 is 22.7. The average molecular weight is 434 g/mol. The van der Waals surface area contributed by atoms with E-state index < -0.39 is 10.0 Å². The van der Waals surface area contributed by atoms with Crippen LogP contribution in [0, 0.1) is 11.8 Å². The van der Waals surface area contributed by atoms with Gasteiger partial charge in [-0.2, -0.15) is 0 Å². The maximum Gasteiger partial charge on any atom is 0.238 e. The number of hydrogen-bond donors (Lipinski definition) is 2. The van der Waals surface area contributed by atoms with Crippen molar-refractivity contribution in [2.75, 3.05) is 5.32 Å². The number of nitrogens with one attached hydrogen (secondary N) is 1. The predicted molar refractivity (Wildman–Crippen MR) is 117 cm³/mol. The van der Waals surface area contributed by atoms with Crippen LogP contribution in [0.5, 0.6) is 0 Å². The Labute approximate surface area is 177 Å². The number of nitrogens with two attached hydrogens (primary N) is 1. The Balaban J connectivity index is 1.51. The van der Waals surface area contributed by atoms with Gasteiger partial charge < -0.3 is 5.32 Å². The lowest BCUT2D eigenvalue weighted by Crippen LogP contribution is -2.11. The van der Waals surface area contributed by atoms with Gasteiger partial charge in [0.25, 0.3) is 0 Å². The number of nitrogens with zero attached hydrogens (tertiary/aromatic N) is 3. The van der Waals surface area contributed by atoms with Crippen LogP contribution in [0.4, 0.5) is 11.6 Å². The largest absolute Gasteiger partial charge is 0.324 e. The van der Waals surface area contributed by atoms with Gasteiger partial charge in [-0.3, -0.25) is 0 Å². The molecule has 7 nitrogen and oxygen atoms in total. The molecule has 4 aromatic rings. The van der Waals surface area contributed by atoms with E-state index in [4.69, 9.17) is 5.14 Å².